The van der Waals surface area contributed by atoms with Gasteiger partial charge in [0.05, 0.1) is 26.4 Å². The van der Waals surface area contributed by atoms with E-state index in [4.69, 9.17) is 14.6 Å². The number of methoxy groups -OCH3 is 2. The molecule has 1 aromatic carbocycles. The zero-order valence-electron chi connectivity index (χ0n) is 8.46. The molecule has 5 heteroatoms. The lowest BCUT2D eigenvalue weighted by atomic mass is 10.1. The van der Waals surface area contributed by atoms with Crippen LogP contribution in [0.3, 0.4) is 0 Å². The Kier molecular flexibility index (Phi) is 3.85. The zero-order valence-corrected chi connectivity index (χ0v) is 8.46. The third-order valence-corrected chi connectivity index (χ3v) is 2.04. The van der Waals surface area contributed by atoms with Crippen LogP contribution < -0.4 is 9.47 Å². The molecule has 0 fully saturated rings. The van der Waals surface area contributed by atoms with Crippen molar-refractivity contribution < 1.29 is 23.4 Å². The maximum absolute atomic E-state index is 12.6. The van der Waals surface area contributed by atoms with E-state index in [1.165, 1.54) is 26.4 Å². The second-order valence-electron chi connectivity index (χ2n) is 2.86. The lowest BCUT2D eigenvalue weighted by Gasteiger charge is -2.13. The Hall–Kier alpha value is -1.36. The highest BCUT2D eigenvalue weighted by molar-refractivity contribution is 5.46. The number of hydrogen-bond donors (Lipinski definition) is 1. The standard InChI is InChI=1S/C10H12F2O3/c1-14-8-4-9(15-2)7(10(11)12)3-6(8)5-13/h3-4,10,13H,5H2,1-2H3. The minimum Gasteiger partial charge on any atom is -0.496 e. The van der Waals surface area contributed by atoms with Gasteiger partial charge < -0.3 is 14.6 Å². The smallest absolute Gasteiger partial charge is 0.267 e. The average Bonchev–Trinajstić information content (AvgIpc) is 2.26. The first-order chi connectivity index (χ1) is 7.13. The monoisotopic (exact) mass is 218 g/mol. The lowest BCUT2D eigenvalue weighted by molar-refractivity contribution is 0.146. The van der Waals surface area contributed by atoms with Crippen molar-refractivity contribution in [1.29, 1.82) is 0 Å². The minimum absolute atomic E-state index is 0.0547. The van der Waals surface area contributed by atoms with E-state index >= 15 is 0 Å². The number of rotatable bonds is 4. The first-order valence-electron chi connectivity index (χ1n) is 4.27. The van der Waals surface area contributed by atoms with Crippen LogP contribution in [0.25, 0.3) is 0 Å². The second kappa shape index (κ2) is 4.93. The van der Waals surface area contributed by atoms with Crippen molar-refractivity contribution in [3.8, 4) is 11.5 Å². The van der Waals surface area contributed by atoms with Gasteiger partial charge in [0.25, 0.3) is 6.43 Å². The van der Waals surface area contributed by atoms with Crippen LogP contribution in [0.1, 0.15) is 17.6 Å². The fourth-order valence-corrected chi connectivity index (χ4v) is 1.29. The van der Waals surface area contributed by atoms with E-state index in [9.17, 15) is 8.78 Å². The van der Waals surface area contributed by atoms with E-state index in [2.05, 4.69) is 0 Å². The fraction of sp³-hybridized carbons (Fsp3) is 0.400. The van der Waals surface area contributed by atoms with Crippen LogP contribution in [-0.2, 0) is 6.61 Å². The van der Waals surface area contributed by atoms with Gasteiger partial charge in [-0.15, -0.1) is 0 Å². The van der Waals surface area contributed by atoms with Crippen molar-refractivity contribution in [2.45, 2.75) is 13.0 Å². The van der Waals surface area contributed by atoms with Crippen LogP contribution in [0.2, 0.25) is 0 Å². The first kappa shape index (κ1) is 11.7. The molecular formula is C10H12F2O3. The molecule has 0 aromatic heterocycles. The summed E-state index contributed by atoms with van der Waals surface area (Å²) in [5.41, 5.74) is 0.0657. The SMILES string of the molecule is COc1cc(OC)c(C(F)F)cc1CO. The third kappa shape index (κ3) is 2.36. The minimum atomic E-state index is -2.64. The molecule has 0 saturated carbocycles. The fourth-order valence-electron chi connectivity index (χ4n) is 1.29. The molecule has 0 unspecified atom stereocenters. The Bertz CT molecular complexity index is 340. The molecule has 84 valence electrons. The number of ether oxygens (including phenoxy) is 2. The van der Waals surface area contributed by atoms with Crippen LogP contribution in [0.4, 0.5) is 8.78 Å². The number of hydrogen-bond acceptors (Lipinski definition) is 3. The molecule has 1 rings (SSSR count). The van der Waals surface area contributed by atoms with E-state index in [1.807, 2.05) is 0 Å². The van der Waals surface area contributed by atoms with Crippen LogP contribution in [0, 0.1) is 0 Å². The highest BCUT2D eigenvalue weighted by Gasteiger charge is 2.17. The number of aliphatic hydroxyl groups excluding tert-OH is 1. The van der Waals surface area contributed by atoms with Gasteiger partial charge in [-0.3, -0.25) is 0 Å². The molecule has 15 heavy (non-hydrogen) atoms. The van der Waals surface area contributed by atoms with Crippen LogP contribution in [-0.4, -0.2) is 19.3 Å². The summed E-state index contributed by atoms with van der Waals surface area (Å²) in [6.45, 7) is -0.354. The Balaban J connectivity index is 3.27. The number of aliphatic hydroxyl groups is 1. The normalized spacial score (nSPS) is 10.5. The number of alkyl halides is 2. The Morgan fingerprint density at radius 1 is 1.20 bits per heavy atom. The molecule has 0 aliphatic carbocycles. The quantitative estimate of drug-likeness (QED) is 0.841. The highest BCUT2D eigenvalue weighted by atomic mass is 19.3. The van der Waals surface area contributed by atoms with Crippen molar-refractivity contribution in [2.75, 3.05) is 14.2 Å². The molecule has 0 amide bonds. The van der Waals surface area contributed by atoms with E-state index in [-0.39, 0.29) is 17.9 Å². The highest BCUT2D eigenvalue weighted by Crippen LogP contribution is 2.34. The summed E-state index contributed by atoms with van der Waals surface area (Å²) in [6.07, 6.45) is -2.64. The molecule has 0 saturated heterocycles. The third-order valence-electron chi connectivity index (χ3n) is 2.04. The molecule has 0 aliphatic heterocycles. The summed E-state index contributed by atoms with van der Waals surface area (Å²) in [7, 11) is 2.70. The molecule has 1 N–H and O–H groups in total. The van der Waals surface area contributed by atoms with Crippen molar-refractivity contribution >= 4 is 0 Å². The topological polar surface area (TPSA) is 38.7 Å². The van der Waals surface area contributed by atoms with Gasteiger partial charge in [0.1, 0.15) is 11.5 Å². The van der Waals surface area contributed by atoms with Crippen molar-refractivity contribution in [2.24, 2.45) is 0 Å². The van der Waals surface area contributed by atoms with Gasteiger partial charge in [-0.25, -0.2) is 8.78 Å². The largest absolute Gasteiger partial charge is 0.496 e. The van der Waals surface area contributed by atoms with Crippen LogP contribution in [0.5, 0.6) is 11.5 Å². The van der Waals surface area contributed by atoms with Gasteiger partial charge >= 0.3 is 0 Å². The predicted octanol–water partition coefficient (Wildman–Crippen LogP) is 2.13. The van der Waals surface area contributed by atoms with E-state index < -0.39 is 6.43 Å². The average molecular weight is 218 g/mol. The molecule has 3 nitrogen and oxygen atoms in total. The molecule has 0 atom stereocenters. The summed E-state index contributed by atoms with van der Waals surface area (Å²) >= 11 is 0. The van der Waals surface area contributed by atoms with E-state index in [0.29, 0.717) is 11.3 Å². The van der Waals surface area contributed by atoms with Crippen LogP contribution >= 0.6 is 0 Å². The number of benzene rings is 1. The van der Waals surface area contributed by atoms with Gasteiger partial charge in [-0.1, -0.05) is 0 Å². The van der Waals surface area contributed by atoms with Crippen molar-refractivity contribution in [1.82, 2.24) is 0 Å². The van der Waals surface area contributed by atoms with Gasteiger partial charge in [0.2, 0.25) is 0 Å². The van der Waals surface area contributed by atoms with Crippen molar-refractivity contribution in [3.05, 3.63) is 23.3 Å². The maximum Gasteiger partial charge on any atom is 0.267 e. The summed E-state index contributed by atoms with van der Waals surface area (Å²) in [4.78, 5) is 0. The molecule has 0 bridgehead atoms. The van der Waals surface area contributed by atoms with E-state index in [0.717, 1.165) is 0 Å². The van der Waals surface area contributed by atoms with Gasteiger partial charge in [-0.05, 0) is 6.07 Å². The summed E-state index contributed by atoms with van der Waals surface area (Å²) < 4.78 is 34.9. The Morgan fingerprint density at radius 3 is 2.20 bits per heavy atom. The molecule has 0 radical (unpaired) electrons. The number of halogens is 2. The summed E-state index contributed by atoms with van der Waals surface area (Å²) in [5.74, 6) is 0.387. The zero-order chi connectivity index (χ0) is 11.4. The molecular weight excluding hydrogens is 206 g/mol. The maximum atomic E-state index is 12.6. The second-order valence-corrected chi connectivity index (χ2v) is 2.86. The van der Waals surface area contributed by atoms with Gasteiger partial charge in [-0.2, -0.15) is 0 Å². The molecule has 0 aliphatic rings. The Morgan fingerprint density at radius 2 is 1.80 bits per heavy atom. The van der Waals surface area contributed by atoms with Crippen LogP contribution in [0.15, 0.2) is 12.1 Å². The summed E-state index contributed by atoms with van der Waals surface area (Å²) in [5, 5.41) is 8.95. The lowest BCUT2D eigenvalue weighted by Crippen LogP contribution is -1.98. The van der Waals surface area contributed by atoms with Gasteiger partial charge in [0, 0.05) is 11.6 Å². The Labute approximate surface area is 86.2 Å². The van der Waals surface area contributed by atoms with Gasteiger partial charge in [0.15, 0.2) is 0 Å². The predicted molar refractivity (Wildman–Crippen MR) is 50.4 cm³/mol. The first-order valence-corrected chi connectivity index (χ1v) is 4.27. The van der Waals surface area contributed by atoms with Crippen molar-refractivity contribution in [3.63, 3.8) is 0 Å². The molecule has 1 aromatic rings. The summed E-state index contributed by atoms with van der Waals surface area (Å²) in [6, 6.07) is 2.52. The van der Waals surface area contributed by atoms with E-state index in [1.54, 1.807) is 0 Å². The molecule has 0 heterocycles. The molecule has 0 spiro atoms.